The van der Waals surface area contributed by atoms with Gasteiger partial charge in [-0.15, -0.1) is 0 Å². The molecule has 0 aliphatic heterocycles. The van der Waals surface area contributed by atoms with Gasteiger partial charge in [0.05, 0.1) is 11.1 Å². The lowest BCUT2D eigenvalue weighted by Gasteiger charge is -2.20. The molecule has 2 N–H and O–H groups in total. The highest BCUT2D eigenvalue weighted by molar-refractivity contribution is 5.97. The van der Waals surface area contributed by atoms with Gasteiger partial charge in [-0.1, -0.05) is 31.5 Å². The Hall–Kier alpha value is -3.55. The number of nitro benzene ring substituents is 1. The summed E-state index contributed by atoms with van der Waals surface area (Å²) in [7, 11) is 0. The molecule has 2 aromatic carbocycles. The van der Waals surface area contributed by atoms with E-state index in [0.29, 0.717) is 11.1 Å². The first-order valence-electron chi connectivity index (χ1n) is 8.73. The van der Waals surface area contributed by atoms with Crippen molar-refractivity contribution < 1.29 is 14.5 Å². The Morgan fingerprint density at radius 2 is 1.82 bits per heavy atom. The number of hydrogen-bond donors (Lipinski definition) is 2. The SMILES string of the molecule is Cc1cccc(C(=O)NC(C(=O)N/N=C/c2ccc([N+](=O)[O-])cc2)C(C)C)c1. The Balaban J connectivity index is 2.00. The summed E-state index contributed by atoms with van der Waals surface area (Å²) in [6.45, 7) is 5.53. The quantitative estimate of drug-likeness (QED) is 0.435. The average molecular weight is 382 g/mol. The predicted molar refractivity (Wildman–Crippen MR) is 106 cm³/mol. The number of nitrogens with zero attached hydrogens (tertiary/aromatic N) is 2. The van der Waals surface area contributed by atoms with Crippen molar-refractivity contribution in [3.8, 4) is 0 Å². The third-order valence-corrected chi connectivity index (χ3v) is 4.01. The summed E-state index contributed by atoms with van der Waals surface area (Å²) < 4.78 is 0. The van der Waals surface area contributed by atoms with Crippen LogP contribution in [0.5, 0.6) is 0 Å². The minimum atomic E-state index is -0.762. The van der Waals surface area contributed by atoms with Gasteiger partial charge >= 0.3 is 0 Å². The van der Waals surface area contributed by atoms with Crippen LogP contribution in [0, 0.1) is 23.0 Å². The van der Waals surface area contributed by atoms with Gasteiger partial charge in [0.15, 0.2) is 0 Å². The van der Waals surface area contributed by atoms with Gasteiger partial charge in [0.1, 0.15) is 6.04 Å². The van der Waals surface area contributed by atoms with Crippen LogP contribution in [0.1, 0.15) is 35.3 Å². The van der Waals surface area contributed by atoms with Crippen molar-refractivity contribution in [2.24, 2.45) is 11.0 Å². The molecule has 0 heterocycles. The van der Waals surface area contributed by atoms with Crippen LogP contribution in [-0.4, -0.2) is 29.0 Å². The number of carbonyl (C=O) groups excluding carboxylic acids is 2. The van der Waals surface area contributed by atoms with Gasteiger partial charge in [-0.25, -0.2) is 5.43 Å². The van der Waals surface area contributed by atoms with Gasteiger partial charge in [-0.05, 0) is 42.7 Å². The molecule has 0 bridgehead atoms. The number of amides is 2. The van der Waals surface area contributed by atoms with E-state index in [0.717, 1.165) is 5.56 Å². The molecule has 0 saturated heterocycles. The molecule has 8 nitrogen and oxygen atoms in total. The maximum atomic E-state index is 12.4. The van der Waals surface area contributed by atoms with E-state index in [1.54, 1.807) is 18.2 Å². The highest BCUT2D eigenvalue weighted by atomic mass is 16.6. The summed E-state index contributed by atoms with van der Waals surface area (Å²) in [5.74, 6) is -0.936. The molecule has 0 aliphatic carbocycles. The normalized spacial score (nSPS) is 12.0. The Kier molecular flexibility index (Phi) is 6.97. The minimum Gasteiger partial charge on any atom is -0.340 e. The Morgan fingerprint density at radius 1 is 1.14 bits per heavy atom. The number of non-ortho nitro benzene ring substituents is 1. The lowest BCUT2D eigenvalue weighted by atomic mass is 10.0. The maximum absolute atomic E-state index is 12.4. The molecule has 28 heavy (non-hydrogen) atoms. The van der Waals surface area contributed by atoms with Crippen molar-refractivity contribution in [3.05, 3.63) is 75.3 Å². The van der Waals surface area contributed by atoms with Crippen LogP contribution in [0.4, 0.5) is 5.69 Å². The number of carbonyl (C=O) groups is 2. The minimum absolute atomic E-state index is 0.0279. The monoisotopic (exact) mass is 382 g/mol. The van der Waals surface area contributed by atoms with Gasteiger partial charge in [0.2, 0.25) is 0 Å². The summed E-state index contributed by atoms with van der Waals surface area (Å²) in [6, 6.07) is 12.1. The fraction of sp³-hybridized carbons (Fsp3) is 0.250. The number of benzene rings is 2. The number of hydrazone groups is 1. The van der Waals surface area contributed by atoms with Gasteiger partial charge in [-0.3, -0.25) is 19.7 Å². The van der Waals surface area contributed by atoms with Crippen LogP contribution in [0.3, 0.4) is 0 Å². The van der Waals surface area contributed by atoms with Crippen molar-refractivity contribution >= 4 is 23.7 Å². The first kappa shape index (κ1) is 20.8. The summed E-state index contributed by atoms with van der Waals surface area (Å²) in [4.78, 5) is 35.0. The number of rotatable bonds is 7. The lowest BCUT2D eigenvalue weighted by molar-refractivity contribution is -0.384. The number of hydrogen-bond acceptors (Lipinski definition) is 5. The van der Waals surface area contributed by atoms with Crippen molar-refractivity contribution in [2.45, 2.75) is 26.8 Å². The highest BCUT2D eigenvalue weighted by Crippen LogP contribution is 2.11. The van der Waals surface area contributed by atoms with Crippen LogP contribution < -0.4 is 10.7 Å². The van der Waals surface area contributed by atoms with E-state index >= 15 is 0 Å². The van der Waals surface area contributed by atoms with E-state index in [4.69, 9.17) is 0 Å². The van der Waals surface area contributed by atoms with Crippen molar-refractivity contribution in [2.75, 3.05) is 0 Å². The lowest BCUT2D eigenvalue weighted by Crippen LogP contribution is -2.48. The summed E-state index contributed by atoms with van der Waals surface area (Å²) >= 11 is 0. The second-order valence-corrected chi connectivity index (χ2v) is 6.65. The van der Waals surface area contributed by atoms with Crippen molar-refractivity contribution in [3.63, 3.8) is 0 Å². The smallest absolute Gasteiger partial charge is 0.269 e. The zero-order valence-corrected chi connectivity index (χ0v) is 15.9. The molecule has 0 aromatic heterocycles. The molecule has 0 radical (unpaired) electrons. The van der Waals surface area contributed by atoms with E-state index in [2.05, 4.69) is 15.8 Å². The number of nitro groups is 1. The van der Waals surface area contributed by atoms with Gasteiger partial charge < -0.3 is 5.32 Å². The van der Waals surface area contributed by atoms with Crippen LogP contribution in [0.2, 0.25) is 0 Å². The topological polar surface area (TPSA) is 114 Å². The second-order valence-electron chi connectivity index (χ2n) is 6.65. The molecule has 2 amide bonds. The van der Waals surface area contributed by atoms with Gasteiger partial charge in [-0.2, -0.15) is 5.10 Å². The molecule has 2 aromatic rings. The molecular weight excluding hydrogens is 360 g/mol. The second kappa shape index (κ2) is 9.40. The van der Waals surface area contributed by atoms with Crippen LogP contribution in [0.15, 0.2) is 53.6 Å². The largest absolute Gasteiger partial charge is 0.340 e. The first-order valence-corrected chi connectivity index (χ1v) is 8.73. The summed E-state index contributed by atoms with van der Waals surface area (Å²) in [6.07, 6.45) is 1.38. The molecule has 0 aliphatic rings. The van der Waals surface area contributed by atoms with Crippen molar-refractivity contribution in [1.29, 1.82) is 0 Å². The number of aryl methyl sites for hydroxylation is 1. The molecule has 2 rings (SSSR count). The summed E-state index contributed by atoms with van der Waals surface area (Å²) in [5.41, 5.74) is 4.39. The third-order valence-electron chi connectivity index (χ3n) is 4.01. The Labute approximate surface area is 162 Å². The molecule has 1 atom stereocenters. The maximum Gasteiger partial charge on any atom is 0.269 e. The molecule has 0 spiro atoms. The third kappa shape index (κ3) is 5.73. The first-order chi connectivity index (χ1) is 13.3. The zero-order chi connectivity index (χ0) is 20.7. The molecular formula is C20H22N4O4. The van der Waals surface area contributed by atoms with E-state index in [1.165, 1.54) is 30.5 Å². The molecule has 8 heteroatoms. The van der Waals surface area contributed by atoms with Gasteiger partial charge in [0.25, 0.3) is 17.5 Å². The molecule has 146 valence electrons. The fourth-order valence-corrected chi connectivity index (χ4v) is 2.47. The zero-order valence-electron chi connectivity index (χ0n) is 15.9. The van der Waals surface area contributed by atoms with Crippen molar-refractivity contribution in [1.82, 2.24) is 10.7 Å². The van der Waals surface area contributed by atoms with Crippen LogP contribution in [-0.2, 0) is 4.79 Å². The average Bonchev–Trinajstić information content (AvgIpc) is 2.65. The standard InChI is InChI=1S/C20H22N4O4/c1-13(2)18(22-19(25)16-6-4-5-14(3)11-16)20(26)23-21-12-15-7-9-17(10-8-15)24(27)28/h4-13,18H,1-3H3,(H,22,25)(H,23,26)/b21-12+. The van der Waals surface area contributed by atoms with Gasteiger partial charge in [0, 0.05) is 17.7 Å². The van der Waals surface area contributed by atoms with Crippen LogP contribution >= 0.6 is 0 Å². The van der Waals surface area contributed by atoms with E-state index < -0.39 is 16.9 Å². The Morgan fingerprint density at radius 3 is 2.39 bits per heavy atom. The molecule has 0 fully saturated rings. The van der Waals surface area contributed by atoms with Crippen LogP contribution in [0.25, 0.3) is 0 Å². The molecule has 0 saturated carbocycles. The van der Waals surface area contributed by atoms with E-state index in [1.807, 2.05) is 26.8 Å². The predicted octanol–water partition coefficient (Wildman–Crippen LogP) is 2.81. The highest BCUT2D eigenvalue weighted by Gasteiger charge is 2.24. The summed E-state index contributed by atoms with van der Waals surface area (Å²) in [5, 5.41) is 17.2. The Bertz CT molecular complexity index is 891. The van der Waals surface area contributed by atoms with E-state index in [-0.39, 0.29) is 17.5 Å². The van der Waals surface area contributed by atoms with E-state index in [9.17, 15) is 19.7 Å². The number of nitrogens with one attached hydrogen (secondary N) is 2. The molecule has 1 unspecified atom stereocenters. The fourth-order valence-electron chi connectivity index (χ4n) is 2.47.